The Kier molecular flexibility index (Phi) is 6.29. The van der Waals surface area contributed by atoms with Gasteiger partial charge in [-0.3, -0.25) is 9.69 Å². The molecule has 1 amide bonds. The third-order valence-electron chi connectivity index (χ3n) is 5.66. The van der Waals surface area contributed by atoms with Crippen LogP contribution in [0.5, 0.6) is 0 Å². The van der Waals surface area contributed by atoms with E-state index in [9.17, 15) is 18.0 Å². The van der Waals surface area contributed by atoms with Gasteiger partial charge in [-0.1, -0.05) is 18.2 Å². The van der Waals surface area contributed by atoms with Crippen LogP contribution in [0.3, 0.4) is 0 Å². The fraction of sp³-hybridized carbons (Fsp3) is 0.650. The molecule has 0 N–H and O–H groups in total. The molecule has 0 saturated carbocycles. The van der Waals surface area contributed by atoms with E-state index in [1.54, 1.807) is 4.90 Å². The predicted molar refractivity (Wildman–Crippen MR) is 99.9 cm³/mol. The van der Waals surface area contributed by atoms with Crippen molar-refractivity contribution < 1.29 is 18.0 Å². The number of alkyl halides is 3. The van der Waals surface area contributed by atoms with Crippen molar-refractivity contribution in [3.63, 3.8) is 0 Å². The first kappa shape index (κ1) is 20.0. The first-order chi connectivity index (χ1) is 12.8. The van der Waals surface area contributed by atoms with E-state index >= 15 is 0 Å². The van der Waals surface area contributed by atoms with Crippen LogP contribution in [0.25, 0.3) is 0 Å². The first-order valence-electron chi connectivity index (χ1n) is 9.72. The predicted octanol–water partition coefficient (Wildman–Crippen LogP) is 3.45. The number of carbonyl (C=O) groups is 1. The van der Waals surface area contributed by atoms with Crippen LogP contribution in [0, 0.1) is 6.92 Å². The minimum Gasteiger partial charge on any atom is -0.369 e. The van der Waals surface area contributed by atoms with E-state index in [1.165, 1.54) is 11.3 Å². The molecule has 2 saturated heterocycles. The molecule has 1 aromatic carbocycles. The number of hydrogen-bond acceptors (Lipinski definition) is 3. The minimum absolute atomic E-state index is 0.257. The van der Waals surface area contributed by atoms with Gasteiger partial charge in [-0.05, 0) is 31.4 Å². The van der Waals surface area contributed by atoms with Crippen LogP contribution in [0.4, 0.5) is 18.9 Å². The molecule has 27 heavy (non-hydrogen) atoms. The first-order valence-corrected chi connectivity index (χ1v) is 9.72. The molecule has 2 heterocycles. The fourth-order valence-electron chi connectivity index (χ4n) is 4.13. The highest BCUT2D eigenvalue weighted by Crippen LogP contribution is 2.25. The average Bonchev–Trinajstić information content (AvgIpc) is 2.66. The lowest BCUT2D eigenvalue weighted by molar-refractivity contribution is -0.150. The SMILES string of the molecule is Cc1ccccc1N1CCN([C@H]2CCCN(C(=O)CCC(F)(F)F)C2)CC1. The number of benzene rings is 1. The fourth-order valence-corrected chi connectivity index (χ4v) is 4.13. The summed E-state index contributed by atoms with van der Waals surface area (Å²) in [5.74, 6) is -0.365. The Labute approximate surface area is 158 Å². The van der Waals surface area contributed by atoms with Gasteiger partial charge in [-0.15, -0.1) is 0 Å². The van der Waals surface area contributed by atoms with Crippen molar-refractivity contribution in [2.45, 2.75) is 44.8 Å². The Morgan fingerprint density at radius 3 is 2.48 bits per heavy atom. The molecule has 2 aliphatic heterocycles. The second kappa shape index (κ2) is 8.50. The summed E-state index contributed by atoms with van der Waals surface area (Å²) >= 11 is 0. The van der Waals surface area contributed by atoms with Gasteiger partial charge in [0.1, 0.15) is 0 Å². The number of piperidine rings is 1. The van der Waals surface area contributed by atoms with Gasteiger partial charge in [0.15, 0.2) is 0 Å². The van der Waals surface area contributed by atoms with Crippen molar-refractivity contribution in [2.75, 3.05) is 44.2 Å². The molecule has 150 valence electrons. The lowest BCUT2D eigenvalue weighted by Gasteiger charge is -2.44. The van der Waals surface area contributed by atoms with Crippen molar-refractivity contribution in [2.24, 2.45) is 0 Å². The van der Waals surface area contributed by atoms with E-state index in [4.69, 9.17) is 0 Å². The molecule has 0 radical (unpaired) electrons. The molecule has 7 heteroatoms. The van der Waals surface area contributed by atoms with Crippen molar-refractivity contribution in [3.05, 3.63) is 29.8 Å². The summed E-state index contributed by atoms with van der Waals surface area (Å²) in [7, 11) is 0. The van der Waals surface area contributed by atoms with Gasteiger partial charge >= 0.3 is 6.18 Å². The normalized spacial score (nSPS) is 22.1. The second-order valence-electron chi connectivity index (χ2n) is 7.56. The third kappa shape index (κ3) is 5.37. The molecule has 2 aliphatic rings. The quantitative estimate of drug-likeness (QED) is 0.797. The monoisotopic (exact) mass is 383 g/mol. The number of amides is 1. The number of halogens is 3. The Balaban J connectivity index is 1.51. The van der Waals surface area contributed by atoms with Crippen LogP contribution < -0.4 is 4.90 Å². The van der Waals surface area contributed by atoms with Gasteiger partial charge < -0.3 is 9.80 Å². The Morgan fingerprint density at radius 1 is 1.11 bits per heavy atom. The molecule has 2 fully saturated rings. The lowest BCUT2D eigenvalue weighted by atomic mass is 10.0. The van der Waals surface area contributed by atoms with Crippen LogP contribution in [-0.2, 0) is 4.79 Å². The zero-order valence-electron chi connectivity index (χ0n) is 15.8. The summed E-state index contributed by atoms with van der Waals surface area (Å²) in [4.78, 5) is 18.6. The summed E-state index contributed by atoms with van der Waals surface area (Å²) in [5.41, 5.74) is 2.54. The Hall–Kier alpha value is -1.76. The van der Waals surface area contributed by atoms with Gasteiger partial charge in [0.25, 0.3) is 0 Å². The Morgan fingerprint density at radius 2 is 1.81 bits per heavy atom. The van der Waals surface area contributed by atoms with Crippen LogP contribution in [0.1, 0.15) is 31.2 Å². The number of likely N-dealkylation sites (tertiary alicyclic amines) is 1. The van der Waals surface area contributed by atoms with Gasteiger partial charge in [0.05, 0.1) is 6.42 Å². The molecule has 1 atom stereocenters. The maximum absolute atomic E-state index is 12.4. The molecule has 4 nitrogen and oxygen atoms in total. The van der Waals surface area contributed by atoms with Crippen LogP contribution in [-0.4, -0.2) is 67.2 Å². The van der Waals surface area contributed by atoms with Crippen molar-refractivity contribution >= 4 is 11.6 Å². The summed E-state index contributed by atoms with van der Waals surface area (Å²) in [5, 5.41) is 0. The molecule has 0 aromatic heterocycles. The third-order valence-corrected chi connectivity index (χ3v) is 5.66. The number of rotatable bonds is 4. The molecule has 3 rings (SSSR count). The molecule has 1 aromatic rings. The molecule has 0 unspecified atom stereocenters. The number of aryl methyl sites for hydroxylation is 1. The van der Waals surface area contributed by atoms with Crippen molar-refractivity contribution in [1.82, 2.24) is 9.80 Å². The zero-order valence-corrected chi connectivity index (χ0v) is 15.8. The van der Waals surface area contributed by atoms with E-state index in [0.29, 0.717) is 13.1 Å². The molecule has 0 aliphatic carbocycles. The van der Waals surface area contributed by atoms with Gasteiger partial charge in [0, 0.05) is 57.4 Å². The van der Waals surface area contributed by atoms with Gasteiger partial charge in [0.2, 0.25) is 5.91 Å². The largest absolute Gasteiger partial charge is 0.389 e. The average molecular weight is 383 g/mol. The second-order valence-corrected chi connectivity index (χ2v) is 7.56. The molecular weight excluding hydrogens is 355 g/mol. The number of hydrogen-bond donors (Lipinski definition) is 0. The van der Waals surface area contributed by atoms with Gasteiger partial charge in [-0.25, -0.2) is 0 Å². The van der Waals surface area contributed by atoms with E-state index in [-0.39, 0.29) is 11.9 Å². The lowest BCUT2D eigenvalue weighted by Crippen LogP contribution is -2.56. The van der Waals surface area contributed by atoms with Crippen molar-refractivity contribution in [1.29, 1.82) is 0 Å². The number of para-hydroxylation sites is 1. The summed E-state index contributed by atoms with van der Waals surface area (Å²) in [6.45, 7) is 6.96. The standard InChI is InChI=1S/C20H28F3N3O/c1-16-5-2-3-7-18(16)25-13-11-24(12-14-25)17-6-4-10-26(15-17)19(27)8-9-20(21,22)23/h2-3,5,7,17H,4,6,8-15H2,1H3/t17-/m0/s1. The maximum atomic E-state index is 12.4. The maximum Gasteiger partial charge on any atom is 0.389 e. The molecule has 0 spiro atoms. The highest BCUT2D eigenvalue weighted by Gasteiger charge is 2.33. The van der Waals surface area contributed by atoms with Crippen LogP contribution in [0.15, 0.2) is 24.3 Å². The number of carbonyl (C=O) groups excluding carboxylic acids is 1. The minimum atomic E-state index is -4.27. The molecular formula is C20H28F3N3O. The van der Waals surface area contributed by atoms with E-state index in [2.05, 4.69) is 34.9 Å². The zero-order chi connectivity index (χ0) is 19.4. The van der Waals surface area contributed by atoms with Gasteiger partial charge in [-0.2, -0.15) is 13.2 Å². The number of nitrogens with zero attached hydrogens (tertiary/aromatic N) is 3. The summed E-state index contributed by atoms with van der Waals surface area (Å²) in [6.07, 6.45) is -3.86. The Bertz CT molecular complexity index is 642. The van der Waals surface area contributed by atoms with E-state index in [0.717, 1.165) is 39.0 Å². The van der Waals surface area contributed by atoms with Crippen LogP contribution >= 0.6 is 0 Å². The number of anilines is 1. The van der Waals surface area contributed by atoms with Crippen molar-refractivity contribution in [3.8, 4) is 0 Å². The highest BCUT2D eigenvalue weighted by atomic mass is 19.4. The topological polar surface area (TPSA) is 26.8 Å². The summed E-state index contributed by atoms with van der Waals surface area (Å²) < 4.78 is 37.1. The smallest absolute Gasteiger partial charge is 0.369 e. The van der Waals surface area contributed by atoms with E-state index in [1.807, 2.05) is 6.07 Å². The highest BCUT2D eigenvalue weighted by molar-refractivity contribution is 5.76. The summed E-state index contributed by atoms with van der Waals surface area (Å²) in [6, 6.07) is 8.62. The van der Waals surface area contributed by atoms with Crippen LogP contribution in [0.2, 0.25) is 0 Å². The van der Waals surface area contributed by atoms with E-state index < -0.39 is 19.0 Å². The molecule has 0 bridgehead atoms. The number of piperazine rings is 1.